The maximum absolute atomic E-state index is 9.15. The Labute approximate surface area is 130 Å². The number of rotatable bonds is 2. The number of nitrogens with zero attached hydrogens (tertiary/aromatic N) is 3. The first-order valence-electron chi connectivity index (χ1n) is 7.66. The highest BCUT2D eigenvalue weighted by molar-refractivity contribution is 6.20. The Bertz CT molecular complexity index is 696. The lowest BCUT2D eigenvalue weighted by molar-refractivity contribution is 0.282. The first-order chi connectivity index (χ1) is 10.1. The van der Waals surface area contributed by atoms with Gasteiger partial charge in [0.15, 0.2) is 0 Å². The van der Waals surface area contributed by atoms with E-state index in [2.05, 4.69) is 17.6 Å². The van der Waals surface area contributed by atoms with E-state index in [-0.39, 0.29) is 5.38 Å². The van der Waals surface area contributed by atoms with Gasteiger partial charge in [0.2, 0.25) is 0 Å². The Hall–Kier alpha value is -1.53. The van der Waals surface area contributed by atoms with Gasteiger partial charge in [-0.05, 0) is 43.9 Å². The Morgan fingerprint density at radius 1 is 1.43 bits per heavy atom. The number of aromatic nitrogens is 2. The van der Waals surface area contributed by atoms with E-state index in [9.17, 15) is 0 Å². The molecule has 1 aliphatic carbocycles. The van der Waals surface area contributed by atoms with Crippen LogP contribution in [-0.2, 0) is 0 Å². The average molecular weight is 302 g/mol. The summed E-state index contributed by atoms with van der Waals surface area (Å²) < 4.78 is 2.30. The number of benzene rings is 1. The third-order valence-corrected chi connectivity index (χ3v) is 4.67. The number of alkyl halides is 1. The quantitative estimate of drug-likeness (QED) is 0.736. The van der Waals surface area contributed by atoms with Crippen molar-refractivity contribution < 1.29 is 0 Å². The highest BCUT2D eigenvalue weighted by Crippen LogP contribution is 2.37. The van der Waals surface area contributed by atoms with Crippen molar-refractivity contribution in [2.45, 2.75) is 50.9 Å². The number of nitriles is 1. The summed E-state index contributed by atoms with van der Waals surface area (Å²) in [7, 11) is 0. The predicted octanol–water partition coefficient (Wildman–Crippen LogP) is 4.96. The third-order valence-electron chi connectivity index (χ3n) is 4.48. The van der Waals surface area contributed by atoms with Crippen molar-refractivity contribution in [1.82, 2.24) is 9.55 Å². The van der Waals surface area contributed by atoms with Crippen LogP contribution in [0.2, 0.25) is 0 Å². The number of halogens is 1. The molecule has 4 heteroatoms. The number of hydrogen-bond acceptors (Lipinski definition) is 2. The van der Waals surface area contributed by atoms with Crippen molar-refractivity contribution in [3.63, 3.8) is 0 Å². The second-order valence-electron chi connectivity index (χ2n) is 6.20. The molecule has 3 unspecified atom stereocenters. The lowest BCUT2D eigenvalue weighted by Crippen LogP contribution is -2.19. The third kappa shape index (κ3) is 2.65. The van der Waals surface area contributed by atoms with Gasteiger partial charge in [0.05, 0.1) is 28.0 Å². The molecule has 3 rings (SSSR count). The summed E-state index contributed by atoms with van der Waals surface area (Å²) in [5, 5.41) is 9.03. The van der Waals surface area contributed by atoms with Crippen molar-refractivity contribution in [2.24, 2.45) is 5.92 Å². The van der Waals surface area contributed by atoms with E-state index in [1.807, 2.05) is 25.1 Å². The van der Waals surface area contributed by atoms with Crippen LogP contribution in [0.1, 0.15) is 62.3 Å². The molecule has 21 heavy (non-hydrogen) atoms. The van der Waals surface area contributed by atoms with Gasteiger partial charge in [-0.25, -0.2) is 4.98 Å². The minimum atomic E-state index is -0.125. The van der Waals surface area contributed by atoms with Crippen molar-refractivity contribution in [2.75, 3.05) is 0 Å². The zero-order valence-corrected chi connectivity index (χ0v) is 13.3. The Morgan fingerprint density at radius 3 is 2.90 bits per heavy atom. The predicted molar refractivity (Wildman–Crippen MR) is 85.4 cm³/mol. The molecular weight excluding hydrogens is 282 g/mol. The summed E-state index contributed by atoms with van der Waals surface area (Å²) in [6, 6.07) is 8.37. The molecule has 1 saturated carbocycles. The molecule has 0 saturated heterocycles. The molecule has 3 nitrogen and oxygen atoms in total. The second-order valence-corrected chi connectivity index (χ2v) is 6.85. The molecular formula is C17H20ClN3. The molecule has 0 spiro atoms. The van der Waals surface area contributed by atoms with E-state index in [0.29, 0.717) is 11.6 Å². The summed E-state index contributed by atoms with van der Waals surface area (Å²) in [5.74, 6) is 1.67. The molecule has 3 atom stereocenters. The maximum atomic E-state index is 9.15. The summed E-state index contributed by atoms with van der Waals surface area (Å²) in [6.07, 6.45) is 4.89. The first kappa shape index (κ1) is 14.4. The molecule has 1 heterocycles. The number of fused-ring (bicyclic) bond motifs is 1. The molecule has 1 fully saturated rings. The molecule has 1 aromatic heterocycles. The first-order valence-corrected chi connectivity index (χ1v) is 8.10. The van der Waals surface area contributed by atoms with Gasteiger partial charge in [0.1, 0.15) is 5.82 Å². The van der Waals surface area contributed by atoms with Crippen LogP contribution in [0.4, 0.5) is 0 Å². The molecule has 0 aliphatic heterocycles. The monoisotopic (exact) mass is 301 g/mol. The fourth-order valence-electron chi connectivity index (χ4n) is 3.48. The minimum absolute atomic E-state index is 0.125. The van der Waals surface area contributed by atoms with Crippen LogP contribution in [0.5, 0.6) is 0 Å². The van der Waals surface area contributed by atoms with Crippen LogP contribution in [0, 0.1) is 17.2 Å². The van der Waals surface area contributed by atoms with Crippen molar-refractivity contribution in [3.8, 4) is 6.07 Å². The van der Waals surface area contributed by atoms with E-state index in [4.69, 9.17) is 21.8 Å². The molecule has 110 valence electrons. The minimum Gasteiger partial charge on any atom is -0.324 e. The van der Waals surface area contributed by atoms with E-state index >= 15 is 0 Å². The van der Waals surface area contributed by atoms with Crippen LogP contribution in [0.25, 0.3) is 11.0 Å². The summed E-state index contributed by atoms with van der Waals surface area (Å²) in [5.41, 5.74) is 2.67. The Morgan fingerprint density at radius 2 is 2.24 bits per heavy atom. The normalized spacial score (nSPS) is 23.9. The van der Waals surface area contributed by atoms with Gasteiger partial charge in [-0.2, -0.15) is 5.26 Å². The van der Waals surface area contributed by atoms with Gasteiger partial charge in [-0.15, -0.1) is 11.6 Å². The van der Waals surface area contributed by atoms with E-state index in [1.54, 1.807) is 0 Å². The molecule has 1 aliphatic rings. The van der Waals surface area contributed by atoms with Crippen LogP contribution in [0.15, 0.2) is 18.2 Å². The van der Waals surface area contributed by atoms with E-state index in [0.717, 1.165) is 22.8 Å². The molecule has 0 radical (unpaired) electrons. The lowest BCUT2D eigenvalue weighted by atomic mass is 9.86. The molecule has 0 bridgehead atoms. The summed E-state index contributed by atoms with van der Waals surface area (Å²) in [6.45, 7) is 4.28. The number of hydrogen-bond donors (Lipinski definition) is 0. The van der Waals surface area contributed by atoms with Crippen molar-refractivity contribution in [1.29, 1.82) is 5.26 Å². The topological polar surface area (TPSA) is 41.6 Å². The van der Waals surface area contributed by atoms with Gasteiger partial charge >= 0.3 is 0 Å². The van der Waals surface area contributed by atoms with Crippen molar-refractivity contribution in [3.05, 3.63) is 29.6 Å². The fourth-order valence-corrected chi connectivity index (χ4v) is 3.64. The summed E-state index contributed by atoms with van der Waals surface area (Å²) >= 11 is 6.36. The largest absolute Gasteiger partial charge is 0.324 e. The van der Waals surface area contributed by atoms with Gasteiger partial charge in [0, 0.05) is 6.04 Å². The smallest absolute Gasteiger partial charge is 0.127 e. The maximum Gasteiger partial charge on any atom is 0.127 e. The zero-order chi connectivity index (χ0) is 15.0. The van der Waals surface area contributed by atoms with E-state index in [1.165, 1.54) is 25.7 Å². The molecule has 2 aromatic rings. The zero-order valence-electron chi connectivity index (χ0n) is 12.5. The van der Waals surface area contributed by atoms with Gasteiger partial charge in [-0.3, -0.25) is 0 Å². The van der Waals surface area contributed by atoms with Gasteiger partial charge in [0.25, 0.3) is 0 Å². The highest BCUT2D eigenvalue weighted by Gasteiger charge is 2.26. The average Bonchev–Trinajstić information content (AvgIpc) is 2.85. The SMILES string of the molecule is CC1CCCC(n2c(C(C)Cl)nc3ccc(C#N)cc32)C1. The van der Waals surface area contributed by atoms with Crippen LogP contribution in [0.3, 0.4) is 0 Å². The molecule has 0 amide bonds. The van der Waals surface area contributed by atoms with Gasteiger partial charge in [-0.1, -0.05) is 19.8 Å². The Kier molecular flexibility index (Phi) is 3.91. The highest BCUT2D eigenvalue weighted by atomic mass is 35.5. The standard InChI is InChI=1S/C17H20ClN3/c1-11-4-3-5-14(8-11)21-16-9-13(10-19)6-7-15(16)20-17(21)12(2)18/h6-7,9,11-12,14H,3-5,8H2,1-2H3. The Balaban J connectivity index is 2.17. The van der Waals surface area contributed by atoms with Crippen LogP contribution >= 0.6 is 11.6 Å². The number of imidazole rings is 1. The van der Waals surface area contributed by atoms with Crippen molar-refractivity contribution >= 4 is 22.6 Å². The molecule has 0 N–H and O–H groups in total. The van der Waals surface area contributed by atoms with E-state index < -0.39 is 0 Å². The van der Waals surface area contributed by atoms with Gasteiger partial charge < -0.3 is 4.57 Å². The molecule has 1 aromatic carbocycles. The van der Waals surface area contributed by atoms with Crippen LogP contribution < -0.4 is 0 Å². The summed E-state index contributed by atoms with van der Waals surface area (Å²) in [4.78, 5) is 4.71. The fraction of sp³-hybridized carbons (Fsp3) is 0.529. The second kappa shape index (κ2) is 5.69. The lowest BCUT2D eigenvalue weighted by Gasteiger charge is -2.30. The van der Waals surface area contributed by atoms with Crippen LogP contribution in [-0.4, -0.2) is 9.55 Å².